The van der Waals surface area contributed by atoms with Gasteiger partial charge in [0.1, 0.15) is 11.1 Å². The molecule has 7 rings (SSSR count). The Hall–Kier alpha value is -3.91. The number of rotatable bonds is 7. The molecule has 0 aliphatic heterocycles. The Balaban J connectivity index is 1.36. The van der Waals surface area contributed by atoms with Crippen molar-refractivity contribution in [2.24, 2.45) is 0 Å². The molecule has 3 aromatic carbocycles. The molecule has 1 saturated carbocycles. The minimum absolute atomic E-state index is 0.0410. The van der Waals surface area contributed by atoms with Crippen LogP contribution in [-0.4, -0.2) is 31.1 Å². The van der Waals surface area contributed by atoms with Crippen LogP contribution in [0.25, 0.3) is 54.1 Å². The van der Waals surface area contributed by atoms with Crippen molar-refractivity contribution >= 4 is 49.8 Å². The largest absolute Gasteiger partial charge is 0.360 e. The Kier molecular flexibility index (Phi) is 7.15. The standard InChI is InChI=1S/C36H33ClN4O2S/c1-20-16-29-34(32(22-6-9-26(37)10-7-22)31(20)33(21(2)42)43-36(3,4)5)44-35(40-29)24-14-15-38-28(18-24)23-8-13-30-25(17-23)19-39-41(30)27-11-12-27/h6-10,13-19,27,33H,11-12H2,1-5H3/t33-/m1/s1. The summed E-state index contributed by atoms with van der Waals surface area (Å²) in [6.45, 7) is 9.54. The number of nitrogens with zero attached hydrogens (tertiary/aromatic N) is 4. The molecule has 6 aromatic rings. The van der Waals surface area contributed by atoms with E-state index in [1.165, 1.54) is 18.4 Å². The topological polar surface area (TPSA) is 69.9 Å². The molecule has 6 nitrogen and oxygen atoms in total. The summed E-state index contributed by atoms with van der Waals surface area (Å²) >= 11 is 7.90. The maximum atomic E-state index is 13.1. The average molecular weight is 621 g/mol. The molecule has 1 fully saturated rings. The number of ether oxygens (including phenoxy) is 1. The van der Waals surface area contributed by atoms with Crippen LogP contribution in [0.3, 0.4) is 0 Å². The molecule has 1 aliphatic rings. The van der Waals surface area contributed by atoms with Crippen LogP contribution in [-0.2, 0) is 9.53 Å². The van der Waals surface area contributed by atoms with E-state index in [4.69, 9.17) is 26.3 Å². The highest BCUT2D eigenvalue weighted by molar-refractivity contribution is 7.22. The Morgan fingerprint density at radius 1 is 1.02 bits per heavy atom. The highest BCUT2D eigenvalue weighted by Crippen LogP contribution is 2.45. The lowest BCUT2D eigenvalue weighted by molar-refractivity contribution is -0.138. The van der Waals surface area contributed by atoms with E-state index in [0.29, 0.717) is 11.1 Å². The van der Waals surface area contributed by atoms with E-state index in [2.05, 4.69) is 40.1 Å². The van der Waals surface area contributed by atoms with Gasteiger partial charge < -0.3 is 4.74 Å². The predicted octanol–water partition coefficient (Wildman–Crippen LogP) is 9.78. The summed E-state index contributed by atoms with van der Waals surface area (Å²) in [5.74, 6) is -0.0410. The summed E-state index contributed by atoms with van der Waals surface area (Å²) in [7, 11) is 0. The zero-order valence-corrected chi connectivity index (χ0v) is 27.0. The molecule has 1 aliphatic carbocycles. The number of carbonyl (C=O) groups excluding carboxylic acids is 1. The van der Waals surface area contributed by atoms with Crippen molar-refractivity contribution in [3.05, 3.63) is 89.2 Å². The lowest BCUT2D eigenvalue weighted by Crippen LogP contribution is -2.27. The molecule has 0 spiro atoms. The normalized spacial score (nSPS) is 14.4. The van der Waals surface area contributed by atoms with Crippen molar-refractivity contribution in [3.63, 3.8) is 0 Å². The number of thiazole rings is 1. The first-order valence-corrected chi connectivity index (χ1v) is 16.1. The maximum Gasteiger partial charge on any atom is 0.163 e. The zero-order valence-electron chi connectivity index (χ0n) is 25.4. The molecule has 0 unspecified atom stereocenters. The Bertz CT molecular complexity index is 2050. The van der Waals surface area contributed by atoms with Gasteiger partial charge in [0.05, 0.1) is 39.3 Å². The van der Waals surface area contributed by atoms with Crippen molar-refractivity contribution in [2.75, 3.05) is 0 Å². The van der Waals surface area contributed by atoms with Gasteiger partial charge in [-0.1, -0.05) is 29.8 Å². The molecule has 0 radical (unpaired) electrons. The third kappa shape index (κ3) is 5.45. The fraction of sp³-hybridized carbons (Fsp3) is 0.278. The summed E-state index contributed by atoms with van der Waals surface area (Å²) in [5.41, 5.74) is 8.19. The highest BCUT2D eigenvalue weighted by Gasteiger charge is 2.30. The van der Waals surface area contributed by atoms with Gasteiger partial charge in [-0.2, -0.15) is 5.10 Å². The smallest absolute Gasteiger partial charge is 0.163 e. The van der Waals surface area contributed by atoms with Gasteiger partial charge in [-0.25, -0.2) is 4.98 Å². The maximum absolute atomic E-state index is 13.1. The number of fused-ring (bicyclic) bond motifs is 2. The summed E-state index contributed by atoms with van der Waals surface area (Å²) in [6, 6.07) is 20.9. The van der Waals surface area contributed by atoms with Crippen LogP contribution in [0.2, 0.25) is 5.02 Å². The molecule has 0 bridgehead atoms. The van der Waals surface area contributed by atoms with E-state index >= 15 is 0 Å². The quantitative estimate of drug-likeness (QED) is 0.178. The highest BCUT2D eigenvalue weighted by atomic mass is 35.5. The molecular weight excluding hydrogens is 588 g/mol. The molecule has 8 heteroatoms. The lowest BCUT2D eigenvalue weighted by Gasteiger charge is -2.29. The number of halogens is 1. The number of aryl methyl sites for hydroxylation is 1. The van der Waals surface area contributed by atoms with Gasteiger partial charge in [-0.15, -0.1) is 11.3 Å². The van der Waals surface area contributed by atoms with E-state index in [0.717, 1.165) is 59.7 Å². The molecule has 44 heavy (non-hydrogen) atoms. The van der Waals surface area contributed by atoms with Crippen LogP contribution < -0.4 is 0 Å². The molecule has 0 N–H and O–H groups in total. The Labute approximate surface area is 265 Å². The number of hydrogen-bond donors (Lipinski definition) is 0. The first-order chi connectivity index (χ1) is 21.1. The third-order valence-corrected chi connectivity index (χ3v) is 9.34. The minimum atomic E-state index is -0.720. The summed E-state index contributed by atoms with van der Waals surface area (Å²) in [4.78, 5) is 22.9. The lowest BCUT2D eigenvalue weighted by atomic mass is 9.90. The first-order valence-electron chi connectivity index (χ1n) is 14.9. The van der Waals surface area contributed by atoms with Crippen molar-refractivity contribution in [1.29, 1.82) is 0 Å². The van der Waals surface area contributed by atoms with Crippen LogP contribution in [0.5, 0.6) is 0 Å². The number of aromatic nitrogens is 4. The molecule has 3 heterocycles. The second-order valence-electron chi connectivity index (χ2n) is 12.6. The van der Waals surface area contributed by atoms with E-state index in [1.807, 2.05) is 70.4 Å². The van der Waals surface area contributed by atoms with Crippen LogP contribution in [0.1, 0.15) is 63.8 Å². The van der Waals surface area contributed by atoms with Crippen LogP contribution in [0.15, 0.2) is 73.1 Å². The van der Waals surface area contributed by atoms with Gasteiger partial charge >= 0.3 is 0 Å². The monoisotopic (exact) mass is 620 g/mol. The molecule has 222 valence electrons. The van der Waals surface area contributed by atoms with E-state index in [1.54, 1.807) is 18.3 Å². The van der Waals surface area contributed by atoms with Crippen LogP contribution in [0.4, 0.5) is 0 Å². The number of pyridine rings is 1. The molecule has 1 atom stereocenters. The van der Waals surface area contributed by atoms with Crippen LogP contribution in [0, 0.1) is 6.92 Å². The third-order valence-electron chi connectivity index (χ3n) is 7.95. The second-order valence-corrected chi connectivity index (χ2v) is 14.0. The summed E-state index contributed by atoms with van der Waals surface area (Å²) in [6.07, 6.45) is 5.47. The van der Waals surface area contributed by atoms with E-state index in [9.17, 15) is 4.79 Å². The molecular formula is C36H33ClN4O2S. The van der Waals surface area contributed by atoms with Gasteiger partial charge in [0, 0.05) is 38.9 Å². The van der Waals surface area contributed by atoms with Gasteiger partial charge in [-0.3, -0.25) is 14.5 Å². The number of hydrogen-bond acceptors (Lipinski definition) is 6. The van der Waals surface area contributed by atoms with Crippen molar-refractivity contribution in [2.45, 2.75) is 65.2 Å². The molecule has 0 saturated heterocycles. The fourth-order valence-corrected chi connectivity index (χ4v) is 7.07. The van der Waals surface area contributed by atoms with E-state index in [-0.39, 0.29) is 5.78 Å². The van der Waals surface area contributed by atoms with E-state index < -0.39 is 11.7 Å². The summed E-state index contributed by atoms with van der Waals surface area (Å²) in [5, 5.41) is 7.28. The Morgan fingerprint density at radius 2 is 1.77 bits per heavy atom. The van der Waals surface area contributed by atoms with Gasteiger partial charge in [0.15, 0.2) is 5.78 Å². The number of Topliss-reactive ketones (excluding diaryl/α,β-unsaturated/α-hetero) is 1. The van der Waals surface area contributed by atoms with Gasteiger partial charge in [-0.05, 0) is 101 Å². The molecule has 3 aromatic heterocycles. The number of ketones is 1. The van der Waals surface area contributed by atoms with Crippen LogP contribution >= 0.6 is 22.9 Å². The summed E-state index contributed by atoms with van der Waals surface area (Å²) < 4.78 is 9.54. The Morgan fingerprint density at radius 3 is 2.48 bits per heavy atom. The minimum Gasteiger partial charge on any atom is -0.360 e. The number of benzene rings is 3. The predicted molar refractivity (Wildman–Crippen MR) is 179 cm³/mol. The van der Waals surface area contributed by atoms with Gasteiger partial charge in [0.2, 0.25) is 0 Å². The molecule has 0 amide bonds. The van der Waals surface area contributed by atoms with Crippen molar-refractivity contribution < 1.29 is 9.53 Å². The van der Waals surface area contributed by atoms with Crippen molar-refractivity contribution in [3.8, 4) is 33.0 Å². The average Bonchev–Trinajstić information content (AvgIpc) is 3.60. The van der Waals surface area contributed by atoms with Gasteiger partial charge in [0.25, 0.3) is 0 Å². The zero-order chi connectivity index (χ0) is 30.7. The van der Waals surface area contributed by atoms with Crippen molar-refractivity contribution in [1.82, 2.24) is 19.7 Å². The fourth-order valence-electron chi connectivity index (χ4n) is 5.82. The second kappa shape index (κ2) is 10.9. The number of carbonyl (C=O) groups is 1. The first kappa shape index (κ1) is 28.8. The SMILES string of the molecule is CC(=O)[C@@H](OC(C)(C)C)c1c(C)cc2nc(-c3ccnc(-c4ccc5c(cnn5C5CC5)c4)c3)sc2c1-c1ccc(Cl)cc1.